The van der Waals surface area contributed by atoms with Gasteiger partial charge in [-0.3, -0.25) is 4.90 Å². The molecule has 0 radical (unpaired) electrons. The van der Waals surface area contributed by atoms with E-state index in [0.29, 0.717) is 12.6 Å². The van der Waals surface area contributed by atoms with E-state index in [4.69, 9.17) is 9.84 Å². The first-order chi connectivity index (χ1) is 13.1. The number of fused-ring (bicyclic) bond motifs is 1. The summed E-state index contributed by atoms with van der Waals surface area (Å²) in [7, 11) is -1.08. The first-order valence-corrected chi connectivity index (χ1v) is 14.4. The van der Waals surface area contributed by atoms with E-state index in [1.807, 2.05) is 10.9 Å². The topological polar surface area (TPSA) is 43.2 Å². The zero-order chi connectivity index (χ0) is 20.5. The van der Waals surface area contributed by atoms with Crippen molar-refractivity contribution >= 4 is 19.1 Å². The molecule has 1 aliphatic heterocycles. The highest BCUT2D eigenvalue weighted by Crippen LogP contribution is 2.35. The van der Waals surface area contributed by atoms with Gasteiger partial charge in [-0.25, -0.2) is 9.67 Å². The van der Waals surface area contributed by atoms with Crippen LogP contribution in [0.3, 0.4) is 0 Å². The molecule has 1 fully saturated rings. The number of rotatable bonds is 6. The Balaban J connectivity index is 1.78. The monoisotopic (exact) mass is 402 g/mol. The van der Waals surface area contributed by atoms with Gasteiger partial charge in [-0.1, -0.05) is 19.6 Å². The third-order valence-electron chi connectivity index (χ3n) is 5.91. The van der Waals surface area contributed by atoms with Crippen LogP contribution >= 0.6 is 0 Å². The molecule has 0 unspecified atom stereocenters. The van der Waals surface area contributed by atoms with Gasteiger partial charge in [0.15, 0.2) is 5.65 Å². The van der Waals surface area contributed by atoms with Crippen molar-refractivity contribution in [1.29, 1.82) is 0 Å². The van der Waals surface area contributed by atoms with Crippen LogP contribution in [0.4, 0.5) is 0 Å². The fraction of sp³-hybridized carbons (Fsp3) is 0.727. The maximum atomic E-state index is 5.99. The molecule has 0 aromatic carbocycles. The van der Waals surface area contributed by atoms with Crippen molar-refractivity contribution in [3.05, 3.63) is 23.5 Å². The van der Waals surface area contributed by atoms with Crippen LogP contribution in [0, 0.1) is 6.92 Å². The fourth-order valence-electron chi connectivity index (χ4n) is 4.01. The predicted octanol–water partition coefficient (Wildman–Crippen LogP) is 5.03. The lowest BCUT2D eigenvalue weighted by Gasteiger charge is -2.40. The van der Waals surface area contributed by atoms with Crippen molar-refractivity contribution in [2.45, 2.75) is 84.4 Å². The number of aromatic nitrogens is 3. The molecule has 1 aliphatic rings. The van der Waals surface area contributed by atoms with Crippen LogP contribution in [-0.4, -0.2) is 53.0 Å². The molecular formula is C22H38N4OSi. The molecule has 0 bridgehead atoms. The summed E-state index contributed by atoms with van der Waals surface area (Å²) in [5.74, 6) is 0.507. The van der Waals surface area contributed by atoms with Gasteiger partial charge in [0.25, 0.3) is 0 Å². The van der Waals surface area contributed by atoms with Crippen LogP contribution < -0.4 is 0 Å². The molecular weight excluding hydrogens is 364 g/mol. The largest absolute Gasteiger partial charge is 0.359 e. The average molecular weight is 403 g/mol. The van der Waals surface area contributed by atoms with Crippen molar-refractivity contribution in [3.8, 4) is 0 Å². The highest BCUT2D eigenvalue weighted by molar-refractivity contribution is 6.76. The number of pyridine rings is 1. The van der Waals surface area contributed by atoms with E-state index in [9.17, 15) is 0 Å². The minimum atomic E-state index is -1.08. The Morgan fingerprint density at radius 3 is 2.46 bits per heavy atom. The molecule has 156 valence electrons. The number of aryl methyl sites for hydroxylation is 1. The third-order valence-corrected chi connectivity index (χ3v) is 7.61. The molecule has 6 heteroatoms. The summed E-state index contributed by atoms with van der Waals surface area (Å²) < 4.78 is 7.98. The molecule has 3 heterocycles. The van der Waals surface area contributed by atoms with Gasteiger partial charge in [-0.15, -0.1) is 0 Å². The summed E-state index contributed by atoms with van der Waals surface area (Å²) in [4.78, 5) is 7.25. The molecule has 28 heavy (non-hydrogen) atoms. The molecule has 0 saturated carbocycles. The number of piperidine rings is 1. The van der Waals surface area contributed by atoms with E-state index < -0.39 is 8.07 Å². The van der Waals surface area contributed by atoms with Crippen LogP contribution in [0.5, 0.6) is 0 Å². The Hall–Kier alpha value is -1.24. The van der Waals surface area contributed by atoms with E-state index in [-0.39, 0.29) is 5.54 Å². The Labute approximate surface area is 171 Å². The Morgan fingerprint density at radius 1 is 1.18 bits per heavy atom. The molecule has 5 nitrogen and oxygen atoms in total. The van der Waals surface area contributed by atoms with Gasteiger partial charge < -0.3 is 4.74 Å². The van der Waals surface area contributed by atoms with Crippen LogP contribution in [0.2, 0.25) is 25.7 Å². The summed E-state index contributed by atoms with van der Waals surface area (Å²) in [5.41, 5.74) is 3.71. The lowest BCUT2D eigenvalue weighted by molar-refractivity contribution is 0.0798. The maximum absolute atomic E-state index is 5.99. The summed E-state index contributed by atoms with van der Waals surface area (Å²) in [6.45, 7) is 19.8. The molecule has 0 spiro atoms. The second-order valence-corrected chi connectivity index (χ2v) is 16.1. The molecule has 0 N–H and O–H groups in total. The van der Waals surface area contributed by atoms with Crippen LogP contribution in [0.15, 0.2) is 12.3 Å². The maximum Gasteiger partial charge on any atom is 0.160 e. The molecule has 0 atom stereocenters. The number of nitrogens with zero attached hydrogens (tertiary/aromatic N) is 4. The summed E-state index contributed by atoms with van der Waals surface area (Å²) in [5, 5.41) is 6.26. The van der Waals surface area contributed by atoms with Gasteiger partial charge in [-0.2, -0.15) is 5.10 Å². The summed E-state index contributed by atoms with van der Waals surface area (Å²) in [6, 6.07) is 3.28. The highest BCUT2D eigenvalue weighted by Gasteiger charge is 2.30. The molecule has 0 amide bonds. The predicted molar refractivity (Wildman–Crippen MR) is 120 cm³/mol. The summed E-state index contributed by atoms with van der Waals surface area (Å²) in [6.07, 6.45) is 4.21. The minimum absolute atomic E-state index is 0.244. The first-order valence-electron chi connectivity index (χ1n) is 10.7. The SMILES string of the molecule is Cc1ccnc2c1c(C1CCN(C(C)(C)C)CC1)nn2COCC[Si](C)(C)C. The van der Waals surface area contributed by atoms with Crippen molar-refractivity contribution < 1.29 is 4.74 Å². The molecule has 0 aliphatic carbocycles. The smallest absolute Gasteiger partial charge is 0.160 e. The molecule has 1 saturated heterocycles. The first kappa shape index (κ1) is 21.5. The lowest BCUT2D eigenvalue weighted by Crippen LogP contribution is -2.45. The number of hydrogen-bond donors (Lipinski definition) is 0. The number of ether oxygens (including phenoxy) is 1. The van der Waals surface area contributed by atoms with Crippen molar-refractivity contribution in [2.75, 3.05) is 19.7 Å². The van der Waals surface area contributed by atoms with E-state index in [1.165, 1.54) is 22.7 Å². The van der Waals surface area contributed by atoms with Gasteiger partial charge in [0.1, 0.15) is 6.73 Å². The van der Waals surface area contributed by atoms with E-state index >= 15 is 0 Å². The van der Waals surface area contributed by atoms with Gasteiger partial charge >= 0.3 is 0 Å². The number of hydrogen-bond acceptors (Lipinski definition) is 4. The van der Waals surface area contributed by atoms with Crippen molar-refractivity contribution in [2.24, 2.45) is 0 Å². The number of likely N-dealkylation sites (tertiary alicyclic amines) is 1. The lowest BCUT2D eigenvalue weighted by atomic mass is 9.89. The Bertz CT molecular complexity index is 795. The zero-order valence-electron chi connectivity index (χ0n) is 18.9. The Morgan fingerprint density at radius 2 is 1.86 bits per heavy atom. The van der Waals surface area contributed by atoms with E-state index in [0.717, 1.165) is 38.2 Å². The molecule has 2 aromatic rings. The van der Waals surface area contributed by atoms with E-state index in [1.54, 1.807) is 0 Å². The fourth-order valence-corrected chi connectivity index (χ4v) is 4.77. The zero-order valence-corrected chi connectivity index (χ0v) is 19.9. The Kier molecular flexibility index (Phi) is 6.32. The second-order valence-electron chi connectivity index (χ2n) is 10.5. The van der Waals surface area contributed by atoms with Gasteiger partial charge in [-0.05, 0) is 71.3 Å². The quantitative estimate of drug-likeness (QED) is 0.502. The normalized spacial score (nSPS) is 17.5. The highest BCUT2D eigenvalue weighted by atomic mass is 28.3. The standard InChI is InChI=1S/C22H38N4OSi/c1-17-8-11-23-21-19(17)20(18-9-12-25(13-10-18)22(2,3)4)24-26(21)16-27-14-15-28(5,6)7/h8,11,18H,9-10,12-16H2,1-7H3. The van der Waals surface area contributed by atoms with Crippen molar-refractivity contribution in [3.63, 3.8) is 0 Å². The molecule has 2 aromatic heterocycles. The van der Waals surface area contributed by atoms with Crippen LogP contribution in [-0.2, 0) is 11.5 Å². The van der Waals surface area contributed by atoms with Crippen molar-refractivity contribution in [1.82, 2.24) is 19.7 Å². The van der Waals surface area contributed by atoms with Gasteiger partial charge in [0.2, 0.25) is 0 Å². The average Bonchev–Trinajstić information content (AvgIpc) is 2.97. The summed E-state index contributed by atoms with van der Waals surface area (Å²) >= 11 is 0. The van der Waals surface area contributed by atoms with Gasteiger partial charge in [0.05, 0.1) is 5.69 Å². The molecule has 3 rings (SSSR count). The van der Waals surface area contributed by atoms with Gasteiger partial charge in [0, 0.05) is 37.7 Å². The minimum Gasteiger partial charge on any atom is -0.359 e. The van der Waals surface area contributed by atoms with Crippen LogP contribution in [0.1, 0.15) is 50.8 Å². The second kappa shape index (κ2) is 8.25. The third kappa shape index (κ3) is 5.02. The van der Waals surface area contributed by atoms with E-state index in [2.05, 4.69) is 63.3 Å². The van der Waals surface area contributed by atoms with Crippen LogP contribution in [0.25, 0.3) is 11.0 Å².